The molecule has 1 unspecified atom stereocenters. The molecule has 0 aromatic carbocycles. The molecule has 2 heteroatoms. The Labute approximate surface area is 63.2 Å². The third-order valence-electron chi connectivity index (χ3n) is 1.28. The van der Waals surface area contributed by atoms with Gasteiger partial charge >= 0.3 is 0 Å². The lowest BCUT2D eigenvalue weighted by Crippen LogP contribution is -2.06. The van der Waals surface area contributed by atoms with Crippen molar-refractivity contribution in [2.75, 3.05) is 6.61 Å². The monoisotopic (exact) mass is 145 g/mol. The first kappa shape index (κ1) is 9.92. The summed E-state index contributed by atoms with van der Waals surface area (Å²) in [5.74, 6) is 0.713. The second-order valence-corrected chi connectivity index (χ2v) is 2.97. The molecule has 0 saturated carbocycles. The van der Waals surface area contributed by atoms with Gasteiger partial charge in [-0.1, -0.05) is 13.8 Å². The maximum absolute atomic E-state index is 10.3. The Balaban J connectivity index is 2.91. The van der Waals surface area contributed by atoms with E-state index < -0.39 is 6.29 Å². The van der Waals surface area contributed by atoms with Crippen molar-refractivity contribution < 1.29 is 9.84 Å². The first-order chi connectivity index (χ1) is 4.63. The first-order valence-corrected chi connectivity index (χ1v) is 3.90. The molecule has 1 atom stereocenters. The van der Waals surface area contributed by atoms with Gasteiger partial charge in [0.25, 0.3) is 0 Å². The van der Waals surface area contributed by atoms with E-state index in [1.165, 1.54) is 6.92 Å². The third kappa shape index (κ3) is 7.92. The van der Waals surface area contributed by atoms with Crippen LogP contribution in [0.5, 0.6) is 0 Å². The second-order valence-electron chi connectivity index (χ2n) is 2.97. The zero-order valence-electron chi connectivity index (χ0n) is 7.09. The average molecular weight is 145 g/mol. The summed E-state index contributed by atoms with van der Waals surface area (Å²) in [6, 6.07) is 0. The third-order valence-corrected chi connectivity index (χ3v) is 1.28. The Bertz CT molecular complexity index is 59.7. The predicted molar refractivity (Wildman–Crippen MR) is 40.2 cm³/mol. The molecular formula is C8H17O2. The van der Waals surface area contributed by atoms with E-state index in [1.54, 1.807) is 0 Å². The zero-order valence-corrected chi connectivity index (χ0v) is 7.09. The van der Waals surface area contributed by atoms with Crippen LogP contribution in [0.25, 0.3) is 0 Å². The van der Waals surface area contributed by atoms with Crippen LogP contribution in [0.15, 0.2) is 0 Å². The Kier molecular flexibility index (Phi) is 5.64. The van der Waals surface area contributed by atoms with E-state index in [4.69, 9.17) is 4.74 Å². The van der Waals surface area contributed by atoms with Crippen molar-refractivity contribution in [1.82, 2.24) is 0 Å². The van der Waals surface area contributed by atoms with Crippen LogP contribution in [-0.4, -0.2) is 12.9 Å². The van der Waals surface area contributed by atoms with E-state index in [0.717, 1.165) is 12.8 Å². The van der Waals surface area contributed by atoms with E-state index in [2.05, 4.69) is 13.8 Å². The van der Waals surface area contributed by atoms with Gasteiger partial charge < -0.3 is 4.74 Å². The molecule has 0 heterocycles. The zero-order chi connectivity index (χ0) is 7.98. The van der Waals surface area contributed by atoms with E-state index in [9.17, 15) is 5.11 Å². The summed E-state index contributed by atoms with van der Waals surface area (Å²) < 4.78 is 4.84. The molecule has 2 nitrogen and oxygen atoms in total. The molecule has 0 aliphatic carbocycles. The van der Waals surface area contributed by atoms with Crippen molar-refractivity contribution in [2.24, 2.45) is 5.92 Å². The maximum atomic E-state index is 10.3. The fraction of sp³-hybridized carbons (Fsp3) is 1.00. The lowest BCUT2D eigenvalue weighted by Gasteiger charge is -2.05. The van der Waals surface area contributed by atoms with Crippen molar-refractivity contribution in [2.45, 2.75) is 39.9 Å². The fourth-order valence-corrected chi connectivity index (χ4v) is 0.741. The van der Waals surface area contributed by atoms with Gasteiger partial charge in [0.05, 0.1) is 0 Å². The van der Waals surface area contributed by atoms with Gasteiger partial charge in [-0.3, -0.25) is 0 Å². The van der Waals surface area contributed by atoms with E-state index in [0.29, 0.717) is 12.5 Å². The van der Waals surface area contributed by atoms with Gasteiger partial charge in [0.2, 0.25) is 0 Å². The topological polar surface area (TPSA) is 29.1 Å². The summed E-state index contributed by atoms with van der Waals surface area (Å²) in [5.41, 5.74) is 0. The minimum Gasteiger partial charge on any atom is -0.350 e. The summed E-state index contributed by atoms with van der Waals surface area (Å²) in [6.45, 7) is 6.47. The normalized spacial score (nSPS) is 14.1. The maximum Gasteiger partial charge on any atom is 0.188 e. The first-order valence-electron chi connectivity index (χ1n) is 3.90. The van der Waals surface area contributed by atoms with Crippen LogP contribution in [0, 0.1) is 5.92 Å². The van der Waals surface area contributed by atoms with Gasteiger partial charge in [0, 0.05) is 6.61 Å². The summed E-state index contributed by atoms with van der Waals surface area (Å²) >= 11 is 0. The van der Waals surface area contributed by atoms with Crippen LogP contribution in [0.3, 0.4) is 0 Å². The number of rotatable bonds is 5. The predicted octanol–water partition coefficient (Wildman–Crippen LogP) is 2.22. The molecule has 61 valence electrons. The molecule has 0 saturated heterocycles. The molecule has 0 amide bonds. The Morgan fingerprint density at radius 3 is 2.30 bits per heavy atom. The van der Waals surface area contributed by atoms with Gasteiger partial charge in [-0.15, -0.1) is 0 Å². The molecule has 0 aliphatic heterocycles. The quantitative estimate of drug-likeness (QED) is 0.430. The minimum absolute atomic E-state index is 0.614. The molecule has 0 rings (SSSR count). The highest BCUT2D eigenvalue weighted by Gasteiger charge is 1.97. The molecule has 0 fully saturated rings. The van der Waals surface area contributed by atoms with Gasteiger partial charge in [-0.2, -0.15) is 0 Å². The highest BCUT2D eigenvalue weighted by molar-refractivity contribution is 4.44. The molecule has 10 heavy (non-hydrogen) atoms. The minimum atomic E-state index is -0.854. The molecule has 0 aromatic heterocycles. The Morgan fingerprint density at radius 2 is 1.90 bits per heavy atom. The highest BCUT2D eigenvalue weighted by atomic mass is 16.6. The lowest BCUT2D eigenvalue weighted by atomic mass is 10.1. The molecule has 0 spiro atoms. The van der Waals surface area contributed by atoms with Gasteiger partial charge in [-0.25, -0.2) is 5.11 Å². The summed E-state index contributed by atoms with van der Waals surface area (Å²) in [4.78, 5) is 0. The van der Waals surface area contributed by atoms with Crippen molar-refractivity contribution in [3.8, 4) is 0 Å². The number of hydrogen-bond donors (Lipinski definition) is 0. The number of ether oxygens (including phenoxy) is 1. The fourth-order valence-electron chi connectivity index (χ4n) is 0.741. The molecule has 0 bridgehead atoms. The molecule has 0 aliphatic rings. The SMILES string of the molecule is CC(C)CCCOC(C)[O]. The number of hydrogen-bond acceptors (Lipinski definition) is 1. The van der Waals surface area contributed by atoms with Crippen LogP contribution in [0.1, 0.15) is 33.6 Å². The largest absolute Gasteiger partial charge is 0.350 e. The van der Waals surface area contributed by atoms with Crippen LogP contribution >= 0.6 is 0 Å². The van der Waals surface area contributed by atoms with Crippen molar-refractivity contribution in [3.63, 3.8) is 0 Å². The van der Waals surface area contributed by atoms with E-state index in [1.807, 2.05) is 0 Å². The second kappa shape index (κ2) is 5.69. The summed E-state index contributed by atoms with van der Waals surface area (Å²) in [7, 11) is 0. The van der Waals surface area contributed by atoms with Crippen molar-refractivity contribution >= 4 is 0 Å². The Morgan fingerprint density at radius 1 is 1.30 bits per heavy atom. The van der Waals surface area contributed by atoms with Crippen LogP contribution in [0.4, 0.5) is 0 Å². The smallest absolute Gasteiger partial charge is 0.188 e. The molecule has 0 N–H and O–H groups in total. The highest BCUT2D eigenvalue weighted by Crippen LogP contribution is 2.03. The van der Waals surface area contributed by atoms with Gasteiger partial charge in [0.1, 0.15) is 0 Å². The van der Waals surface area contributed by atoms with Crippen LogP contribution in [-0.2, 0) is 9.84 Å². The van der Waals surface area contributed by atoms with Crippen LogP contribution in [0.2, 0.25) is 0 Å². The van der Waals surface area contributed by atoms with Crippen molar-refractivity contribution in [1.29, 1.82) is 0 Å². The Hall–Kier alpha value is -0.0800. The summed E-state index contributed by atoms with van der Waals surface area (Å²) in [6.07, 6.45) is 1.30. The van der Waals surface area contributed by atoms with E-state index in [-0.39, 0.29) is 0 Å². The molecular weight excluding hydrogens is 128 g/mol. The summed E-state index contributed by atoms with van der Waals surface area (Å²) in [5, 5.41) is 10.3. The van der Waals surface area contributed by atoms with Gasteiger partial charge in [0.15, 0.2) is 6.29 Å². The molecule has 0 aromatic rings. The average Bonchev–Trinajstić information content (AvgIpc) is 1.79. The van der Waals surface area contributed by atoms with E-state index >= 15 is 0 Å². The molecule has 1 radical (unpaired) electrons. The van der Waals surface area contributed by atoms with Gasteiger partial charge in [-0.05, 0) is 25.7 Å². The standard InChI is InChI=1S/C8H17O2/c1-7(2)5-4-6-10-8(3)9/h7-8H,4-6H2,1-3H3. The van der Waals surface area contributed by atoms with Crippen molar-refractivity contribution in [3.05, 3.63) is 0 Å². The van der Waals surface area contributed by atoms with Crippen LogP contribution < -0.4 is 0 Å². The lowest BCUT2D eigenvalue weighted by molar-refractivity contribution is -0.127.